The van der Waals surface area contributed by atoms with Gasteiger partial charge in [0.25, 0.3) is 0 Å². The van der Waals surface area contributed by atoms with Gasteiger partial charge >= 0.3 is 0 Å². The third-order valence-corrected chi connectivity index (χ3v) is 3.41. The average Bonchev–Trinajstić information content (AvgIpc) is 2.91. The first kappa shape index (κ1) is 14.7. The number of hydrogen-bond acceptors (Lipinski definition) is 2. The molecular weight excluding hydrogens is 253 g/mol. The van der Waals surface area contributed by atoms with Gasteiger partial charge in [-0.3, -0.25) is 4.68 Å². The Hall–Kier alpha value is -1.68. The second kappa shape index (κ2) is 6.66. The summed E-state index contributed by atoms with van der Waals surface area (Å²) < 4.78 is 16.1. The summed E-state index contributed by atoms with van der Waals surface area (Å²) in [6.07, 6.45) is 2.78. The fourth-order valence-electron chi connectivity index (χ4n) is 2.40. The van der Waals surface area contributed by atoms with E-state index in [0.717, 1.165) is 30.8 Å². The SMILES string of the molecule is CCCNC(c1cc(C)ccc1F)c1ccnn1CC. The first-order valence-electron chi connectivity index (χ1n) is 7.18. The Bertz CT molecular complexity index is 563. The molecule has 0 spiro atoms. The van der Waals surface area contributed by atoms with E-state index in [1.165, 1.54) is 6.07 Å². The van der Waals surface area contributed by atoms with Crippen molar-refractivity contribution in [3.05, 3.63) is 53.1 Å². The first-order valence-corrected chi connectivity index (χ1v) is 7.18. The Kier molecular flexibility index (Phi) is 4.90. The molecule has 0 bridgehead atoms. The van der Waals surface area contributed by atoms with E-state index in [0.29, 0.717) is 5.56 Å². The van der Waals surface area contributed by atoms with Gasteiger partial charge in [0, 0.05) is 18.3 Å². The molecule has 0 aliphatic rings. The number of nitrogens with one attached hydrogen (secondary N) is 1. The van der Waals surface area contributed by atoms with Crippen LogP contribution in [0.15, 0.2) is 30.5 Å². The number of nitrogens with zero attached hydrogens (tertiary/aromatic N) is 2. The predicted molar refractivity (Wildman–Crippen MR) is 79.2 cm³/mol. The molecule has 108 valence electrons. The number of hydrogen-bond donors (Lipinski definition) is 1. The maximum atomic E-state index is 14.2. The predicted octanol–water partition coefficient (Wildman–Crippen LogP) is 3.44. The highest BCUT2D eigenvalue weighted by molar-refractivity contribution is 5.32. The minimum atomic E-state index is -0.173. The molecule has 0 radical (unpaired) electrons. The van der Waals surface area contributed by atoms with Crippen LogP contribution >= 0.6 is 0 Å². The first-order chi connectivity index (χ1) is 9.67. The zero-order valence-corrected chi connectivity index (χ0v) is 12.4. The molecule has 1 heterocycles. The van der Waals surface area contributed by atoms with Crippen LogP contribution in [0.25, 0.3) is 0 Å². The van der Waals surface area contributed by atoms with Crippen molar-refractivity contribution in [2.24, 2.45) is 0 Å². The Morgan fingerprint density at radius 3 is 2.80 bits per heavy atom. The quantitative estimate of drug-likeness (QED) is 0.875. The summed E-state index contributed by atoms with van der Waals surface area (Å²) >= 11 is 0. The molecule has 4 heteroatoms. The fraction of sp³-hybridized carbons (Fsp3) is 0.438. The maximum absolute atomic E-state index is 14.2. The summed E-state index contributed by atoms with van der Waals surface area (Å²) in [5.74, 6) is -0.173. The summed E-state index contributed by atoms with van der Waals surface area (Å²) in [6, 6.07) is 7.05. The lowest BCUT2D eigenvalue weighted by Gasteiger charge is -2.21. The molecule has 1 aromatic heterocycles. The van der Waals surface area contributed by atoms with Crippen molar-refractivity contribution in [1.82, 2.24) is 15.1 Å². The van der Waals surface area contributed by atoms with Crippen LogP contribution in [0.3, 0.4) is 0 Å². The molecule has 0 saturated carbocycles. The molecule has 1 N–H and O–H groups in total. The molecular formula is C16H22FN3. The molecule has 0 aliphatic heterocycles. The topological polar surface area (TPSA) is 29.9 Å². The molecule has 0 amide bonds. The van der Waals surface area contributed by atoms with E-state index < -0.39 is 0 Å². The van der Waals surface area contributed by atoms with Crippen LogP contribution in [0.2, 0.25) is 0 Å². The van der Waals surface area contributed by atoms with Crippen molar-refractivity contribution in [2.75, 3.05) is 6.54 Å². The third kappa shape index (κ3) is 3.07. The van der Waals surface area contributed by atoms with Crippen LogP contribution in [0, 0.1) is 12.7 Å². The molecule has 0 fully saturated rings. The number of benzene rings is 1. The van der Waals surface area contributed by atoms with E-state index in [4.69, 9.17) is 0 Å². The Balaban J connectivity index is 2.44. The smallest absolute Gasteiger partial charge is 0.128 e. The Labute approximate surface area is 119 Å². The minimum Gasteiger partial charge on any atom is -0.305 e. The van der Waals surface area contributed by atoms with Crippen LogP contribution < -0.4 is 5.32 Å². The number of rotatable bonds is 6. The number of halogens is 1. The second-order valence-corrected chi connectivity index (χ2v) is 4.98. The summed E-state index contributed by atoms with van der Waals surface area (Å²) in [5, 5.41) is 7.73. The van der Waals surface area contributed by atoms with Crippen molar-refractivity contribution in [3.8, 4) is 0 Å². The van der Waals surface area contributed by atoms with Gasteiger partial charge in [-0.25, -0.2) is 4.39 Å². The van der Waals surface area contributed by atoms with Gasteiger partial charge in [-0.05, 0) is 38.9 Å². The van der Waals surface area contributed by atoms with Crippen molar-refractivity contribution in [2.45, 2.75) is 39.8 Å². The average molecular weight is 275 g/mol. The van der Waals surface area contributed by atoms with Gasteiger partial charge < -0.3 is 5.32 Å². The lowest BCUT2D eigenvalue weighted by atomic mass is 10.0. The molecule has 2 rings (SSSR count). The highest BCUT2D eigenvalue weighted by atomic mass is 19.1. The van der Waals surface area contributed by atoms with Crippen LogP contribution in [0.1, 0.15) is 43.1 Å². The summed E-state index contributed by atoms with van der Waals surface area (Å²) in [6.45, 7) is 7.75. The van der Waals surface area contributed by atoms with Crippen LogP contribution in [0.4, 0.5) is 4.39 Å². The minimum absolute atomic E-state index is 0.155. The van der Waals surface area contributed by atoms with Crippen molar-refractivity contribution >= 4 is 0 Å². The Morgan fingerprint density at radius 1 is 1.30 bits per heavy atom. The zero-order valence-electron chi connectivity index (χ0n) is 12.4. The second-order valence-electron chi connectivity index (χ2n) is 4.98. The van der Waals surface area contributed by atoms with E-state index in [2.05, 4.69) is 17.3 Å². The molecule has 3 nitrogen and oxygen atoms in total. The third-order valence-electron chi connectivity index (χ3n) is 3.41. The van der Waals surface area contributed by atoms with Gasteiger partial charge in [-0.15, -0.1) is 0 Å². The van der Waals surface area contributed by atoms with Gasteiger partial charge in [-0.2, -0.15) is 5.10 Å². The molecule has 2 aromatic rings. The van der Waals surface area contributed by atoms with E-state index in [1.54, 1.807) is 12.3 Å². The number of aromatic nitrogens is 2. The highest BCUT2D eigenvalue weighted by Crippen LogP contribution is 2.25. The van der Waals surface area contributed by atoms with E-state index in [1.807, 2.05) is 30.7 Å². The van der Waals surface area contributed by atoms with Crippen molar-refractivity contribution < 1.29 is 4.39 Å². The van der Waals surface area contributed by atoms with Crippen molar-refractivity contribution in [1.29, 1.82) is 0 Å². The summed E-state index contributed by atoms with van der Waals surface area (Å²) in [7, 11) is 0. The van der Waals surface area contributed by atoms with E-state index in [-0.39, 0.29) is 11.9 Å². The van der Waals surface area contributed by atoms with Crippen LogP contribution in [-0.4, -0.2) is 16.3 Å². The molecule has 0 aliphatic carbocycles. The fourth-order valence-corrected chi connectivity index (χ4v) is 2.40. The number of aryl methyl sites for hydroxylation is 2. The maximum Gasteiger partial charge on any atom is 0.128 e. The molecule has 0 saturated heterocycles. The Morgan fingerprint density at radius 2 is 2.10 bits per heavy atom. The molecule has 1 unspecified atom stereocenters. The van der Waals surface area contributed by atoms with Gasteiger partial charge in [0.05, 0.1) is 11.7 Å². The summed E-state index contributed by atoms with van der Waals surface area (Å²) in [4.78, 5) is 0. The highest BCUT2D eigenvalue weighted by Gasteiger charge is 2.20. The summed E-state index contributed by atoms with van der Waals surface area (Å²) in [5.41, 5.74) is 2.76. The molecule has 20 heavy (non-hydrogen) atoms. The van der Waals surface area contributed by atoms with Gasteiger partial charge in [0.15, 0.2) is 0 Å². The van der Waals surface area contributed by atoms with E-state index in [9.17, 15) is 4.39 Å². The standard InChI is InChI=1S/C16H22FN3/c1-4-9-18-16(15-8-10-19-20(15)5-2)13-11-12(3)6-7-14(13)17/h6-8,10-11,16,18H,4-5,9H2,1-3H3. The van der Waals surface area contributed by atoms with E-state index >= 15 is 0 Å². The van der Waals surface area contributed by atoms with Gasteiger partial charge in [0.2, 0.25) is 0 Å². The molecule has 1 aromatic carbocycles. The zero-order chi connectivity index (χ0) is 14.5. The van der Waals surface area contributed by atoms with Crippen molar-refractivity contribution in [3.63, 3.8) is 0 Å². The van der Waals surface area contributed by atoms with Crippen LogP contribution in [0.5, 0.6) is 0 Å². The molecule has 1 atom stereocenters. The monoisotopic (exact) mass is 275 g/mol. The lowest BCUT2D eigenvalue weighted by molar-refractivity contribution is 0.505. The normalized spacial score (nSPS) is 12.6. The largest absolute Gasteiger partial charge is 0.305 e. The lowest BCUT2D eigenvalue weighted by Crippen LogP contribution is -2.26. The van der Waals surface area contributed by atoms with Gasteiger partial charge in [0.1, 0.15) is 5.82 Å². The van der Waals surface area contributed by atoms with Crippen LogP contribution in [-0.2, 0) is 6.54 Å². The van der Waals surface area contributed by atoms with Gasteiger partial charge in [-0.1, -0.05) is 24.6 Å².